The molecule has 1 atom stereocenters. The molecule has 0 bridgehead atoms. The summed E-state index contributed by atoms with van der Waals surface area (Å²) in [5.41, 5.74) is 2.65. The van der Waals surface area contributed by atoms with E-state index in [-0.39, 0.29) is 27.9 Å². The van der Waals surface area contributed by atoms with Gasteiger partial charge in [0.2, 0.25) is 5.75 Å². The van der Waals surface area contributed by atoms with Crippen molar-refractivity contribution < 1.29 is 22.5 Å². The minimum Gasteiger partial charge on any atom is -0.395 e. The first kappa shape index (κ1) is 18.9. The zero-order chi connectivity index (χ0) is 20.2. The zero-order valence-corrected chi connectivity index (χ0v) is 16.6. The predicted molar refractivity (Wildman–Crippen MR) is 101 cm³/mol. The van der Waals surface area contributed by atoms with Crippen LogP contribution in [0.2, 0.25) is 5.02 Å². The van der Waals surface area contributed by atoms with Crippen LogP contribution in [0.5, 0.6) is 11.5 Å². The van der Waals surface area contributed by atoms with Crippen molar-refractivity contribution in [1.82, 2.24) is 15.0 Å². The number of H-pyrrole nitrogens is 1. The molecular formula is C17H15ClF2N4O3S. The molecule has 4 rings (SSSR count). The van der Waals surface area contributed by atoms with Crippen molar-refractivity contribution >= 4 is 39.1 Å². The highest BCUT2D eigenvalue weighted by atomic mass is 35.5. The molecule has 11 heteroatoms. The number of benzene rings is 1. The van der Waals surface area contributed by atoms with Crippen molar-refractivity contribution in [3.8, 4) is 11.5 Å². The number of nitrogens with one attached hydrogen (secondary N) is 1. The predicted octanol–water partition coefficient (Wildman–Crippen LogP) is 3.62. The minimum absolute atomic E-state index is 0.00941. The summed E-state index contributed by atoms with van der Waals surface area (Å²) in [6.07, 6.45) is -2.09. The zero-order valence-electron chi connectivity index (χ0n) is 15.0. The number of imidazole rings is 1. The van der Waals surface area contributed by atoms with Gasteiger partial charge in [-0.25, -0.2) is 4.98 Å². The molecule has 0 aliphatic carbocycles. The van der Waals surface area contributed by atoms with Gasteiger partial charge in [-0.05, 0) is 24.6 Å². The van der Waals surface area contributed by atoms with Gasteiger partial charge in [0, 0.05) is 20.3 Å². The third-order valence-corrected chi connectivity index (χ3v) is 5.74. The number of fused-ring (bicyclic) bond motifs is 3. The van der Waals surface area contributed by atoms with Crippen LogP contribution in [0.4, 0.5) is 14.5 Å². The Morgan fingerprint density at radius 3 is 2.79 bits per heavy atom. The van der Waals surface area contributed by atoms with Crippen LogP contribution in [-0.4, -0.2) is 39.6 Å². The minimum atomic E-state index is -3.75. The van der Waals surface area contributed by atoms with Gasteiger partial charge in [-0.3, -0.25) is 9.19 Å². The van der Waals surface area contributed by atoms with Crippen LogP contribution >= 0.6 is 11.6 Å². The van der Waals surface area contributed by atoms with Crippen LogP contribution in [0.1, 0.15) is 11.3 Å². The fourth-order valence-electron chi connectivity index (χ4n) is 3.01. The SMILES string of the molecule is Cc1cnc(CS(=O)c2nc3c4c(ccc3[nH]2)OC(F)(F)O4)c(Cl)c1N(C)C. The molecule has 1 aliphatic heterocycles. The quantitative estimate of drug-likeness (QED) is 0.683. The highest BCUT2D eigenvalue weighted by Crippen LogP contribution is 2.45. The summed E-state index contributed by atoms with van der Waals surface area (Å²) in [5, 5.41) is 0.513. The average molecular weight is 429 g/mol. The number of ether oxygens (including phenoxy) is 2. The van der Waals surface area contributed by atoms with Crippen LogP contribution in [-0.2, 0) is 16.6 Å². The van der Waals surface area contributed by atoms with Gasteiger partial charge < -0.3 is 19.4 Å². The number of aryl methyl sites for hydroxylation is 1. The van der Waals surface area contributed by atoms with Gasteiger partial charge in [0.1, 0.15) is 5.52 Å². The molecule has 0 saturated carbocycles. The Hall–Kier alpha value is -2.46. The Balaban J connectivity index is 1.67. The third kappa shape index (κ3) is 3.16. The van der Waals surface area contributed by atoms with Crippen molar-refractivity contribution in [3.63, 3.8) is 0 Å². The van der Waals surface area contributed by atoms with Crippen LogP contribution in [0, 0.1) is 6.92 Å². The Morgan fingerprint density at radius 1 is 1.32 bits per heavy atom. The number of halogens is 3. The smallest absolute Gasteiger partial charge is 0.395 e. The highest BCUT2D eigenvalue weighted by Gasteiger charge is 2.45. The van der Waals surface area contributed by atoms with E-state index >= 15 is 0 Å². The molecule has 0 saturated heterocycles. The lowest BCUT2D eigenvalue weighted by atomic mass is 10.2. The van der Waals surface area contributed by atoms with E-state index in [0.717, 1.165) is 11.3 Å². The number of aromatic amines is 1. The van der Waals surface area contributed by atoms with Crippen molar-refractivity contribution in [2.24, 2.45) is 0 Å². The molecule has 0 radical (unpaired) electrons. The second-order valence-electron chi connectivity index (χ2n) is 6.43. The molecule has 1 aliphatic rings. The molecule has 7 nitrogen and oxygen atoms in total. The molecule has 0 spiro atoms. The Kier molecular flexibility index (Phi) is 4.42. The molecule has 1 unspecified atom stereocenters. The number of alkyl halides is 2. The molecular weight excluding hydrogens is 414 g/mol. The summed E-state index contributed by atoms with van der Waals surface area (Å²) in [4.78, 5) is 13.2. The fourth-order valence-corrected chi connectivity index (χ4v) is 4.54. The summed E-state index contributed by atoms with van der Waals surface area (Å²) >= 11 is 6.44. The maximum absolute atomic E-state index is 13.3. The lowest BCUT2D eigenvalue weighted by Crippen LogP contribution is -2.26. The van der Waals surface area contributed by atoms with Crippen LogP contribution in [0.15, 0.2) is 23.5 Å². The highest BCUT2D eigenvalue weighted by molar-refractivity contribution is 7.84. The van der Waals surface area contributed by atoms with Gasteiger partial charge in [0.25, 0.3) is 0 Å². The van der Waals surface area contributed by atoms with Gasteiger partial charge in [0.05, 0.1) is 38.5 Å². The van der Waals surface area contributed by atoms with Gasteiger partial charge >= 0.3 is 6.29 Å². The molecule has 2 aromatic heterocycles. The summed E-state index contributed by atoms with van der Waals surface area (Å²) in [5.74, 6) is -0.307. The molecule has 1 aromatic carbocycles. The molecule has 3 aromatic rings. The summed E-state index contributed by atoms with van der Waals surface area (Å²) in [6.45, 7) is 1.88. The fraction of sp³-hybridized carbons (Fsp3) is 0.294. The van der Waals surface area contributed by atoms with E-state index in [1.54, 1.807) is 6.20 Å². The number of nitrogens with zero attached hydrogens (tertiary/aromatic N) is 3. The monoisotopic (exact) mass is 428 g/mol. The van der Waals surface area contributed by atoms with Gasteiger partial charge in [-0.2, -0.15) is 0 Å². The van der Waals surface area contributed by atoms with Crippen molar-refractivity contribution in [2.75, 3.05) is 19.0 Å². The summed E-state index contributed by atoms with van der Waals surface area (Å²) in [6, 6.07) is 2.85. The Morgan fingerprint density at radius 2 is 2.07 bits per heavy atom. The van der Waals surface area contributed by atoms with Crippen molar-refractivity contribution in [3.05, 3.63) is 34.6 Å². The topological polar surface area (TPSA) is 80.3 Å². The number of hydrogen-bond acceptors (Lipinski definition) is 6. The van der Waals surface area contributed by atoms with E-state index in [1.165, 1.54) is 12.1 Å². The number of rotatable bonds is 4. The summed E-state index contributed by atoms with van der Waals surface area (Å²) < 4.78 is 48.4. The van der Waals surface area contributed by atoms with Crippen LogP contribution < -0.4 is 14.4 Å². The molecule has 1 N–H and O–H groups in total. The largest absolute Gasteiger partial charge is 0.586 e. The van der Waals surface area contributed by atoms with E-state index in [1.807, 2.05) is 25.9 Å². The third-order valence-electron chi connectivity index (χ3n) is 4.18. The lowest BCUT2D eigenvalue weighted by Gasteiger charge is -2.18. The lowest BCUT2D eigenvalue weighted by molar-refractivity contribution is -0.286. The standard InChI is InChI=1S/C17H15ClF2N4O3S/c1-8-6-21-10(12(18)14(8)24(2)3)7-28(25)16-22-9-4-5-11-15(13(9)23-16)27-17(19,20)26-11/h4-6H,7H2,1-3H3,(H,22,23). The second-order valence-corrected chi connectivity index (χ2v) is 8.18. The van der Waals surface area contributed by atoms with Crippen molar-refractivity contribution in [2.45, 2.75) is 24.1 Å². The maximum Gasteiger partial charge on any atom is 0.586 e. The van der Waals surface area contributed by atoms with E-state index in [9.17, 15) is 13.0 Å². The number of anilines is 1. The first-order valence-corrected chi connectivity index (χ1v) is 9.84. The Labute approximate surface area is 166 Å². The molecule has 148 valence electrons. The van der Waals surface area contributed by atoms with E-state index in [4.69, 9.17) is 11.6 Å². The molecule has 28 heavy (non-hydrogen) atoms. The van der Waals surface area contributed by atoms with Crippen LogP contribution in [0.3, 0.4) is 0 Å². The number of aromatic nitrogens is 3. The first-order chi connectivity index (χ1) is 13.2. The normalized spacial score (nSPS) is 15.8. The van der Waals surface area contributed by atoms with Gasteiger partial charge in [-0.1, -0.05) is 11.6 Å². The molecule has 3 heterocycles. The molecule has 0 amide bonds. The number of hydrogen-bond donors (Lipinski definition) is 1. The average Bonchev–Trinajstić information content (AvgIpc) is 3.16. The maximum atomic E-state index is 13.3. The Bertz CT molecular complexity index is 1120. The van der Waals surface area contributed by atoms with Crippen LogP contribution in [0.25, 0.3) is 11.0 Å². The number of pyridine rings is 1. The second kappa shape index (κ2) is 6.56. The first-order valence-electron chi connectivity index (χ1n) is 8.14. The van der Waals surface area contributed by atoms with Gasteiger partial charge in [-0.15, -0.1) is 8.78 Å². The van der Waals surface area contributed by atoms with E-state index in [0.29, 0.717) is 16.2 Å². The van der Waals surface area contributed by atoms with E-state index < -0.39 is 17.1 Å². The summed E-state index contributed by atoms with van der Waals surface area (Å²) in [7, 11) is 2.07. The van der Waals surface area contributed by atoms with E-state index in [2.05, 4.69) is 24.4 Å². The van der Waals surface area contributed by atoms with Gasteiger partial charge in [0.15, 0.2) is 10.9 Å². The van der Waals surface area contributed by atoms with Crippen molar-refractivity contribution in [1.29, 1.82) is 0 Å². The molecule has 0 fully saturated rings.